The van der Waals surface area contributed by atoms with Crippen molar-refractivity contribution in [3.63, 3.8) is 0 Å². The fourth-order valence-corrected chi connectivity index (χ4v) is 1.76. The zero-order valence-electron chi connectivity index (χ0n) is 10.0. The third-order valence-electron chi connectivity index (χ3n) is 2.44. The third-order valence-corrected chi connectivity index (χ3v) is 2.44. The lowest BCUT2D eigenvalue weighted by atomic mass is 10.1. The van der Waals surface area contributed by atoms with Crippen LogP contribution in [0.3, 0.4) is 0 Å². The molecule has 0 spiro atoms. The molecule has 0 unspecified atom stereocenters. The molecule has 90 valence electrons. The molecule has 0 fully saturated rings. The number of hydrogen-bond donors (Lipinski definition) is 1. The van der Waals surface area contributed by atoms with E-state index in [2.05, 4.69) is 18.9 Å². The van der Waals surface area contributed by atoms with Crippen LogP contribution in [0.5, 0.6) is 0 Å². The van der Waals surface area contributed by atoms with E-state index in [4.69, 9.17) is 5.73 Å². The molecule has 1 aromatic carbocycles. The minimum absolute atomic E-state index is 0.277. The first-order chi connectivity index (χ1) is 8.06. The fraction of sp³-hybridized carbons (Fsp3) is 0.308. The average Bonchev–Trinajstić information content (AvgIpc) is 2.58. The first kappa shape index (κ1) is 11.6. The summed E-state index contributed by atoms with van der Waals surface area (Å²) < 4.78 is 14.9. The van der Waals surface area contributed by atoms with Crippen LogP contribution >= 0.6 is 0 Å². The van der Waals surface area contributed by atoms with Crippen LogP contribution in [-0.4, -0.2) is 9.78 Å². The standard InChI is InChI=1S/C13H16FN3/c1-9(2)7-17-8-12(15)13(16-17)10-4-3-5-11(14)6-10/h3-6,8-9H,7,15H2,1-2H3. The van der Waals surface area contributed by atoms with E-state index >= 15 is 0 Å². The van der Waals surface area contributed by atoms with Crippen molar-refractivity contribution in [2.45, 2.75) is 20.4 Å². The number of aromatic nitrogens is 2. The van der Waals surface area contributed by atoms with Gasteiger partial charge in [-0.25, -0.2) is 4.39 Å². The van der Waals surface area contributed by atoms with Crippen LogP contribution in [0.4, 0.5) is 10.1 Å². The van der Waals surface area contributed by atoms with Gasteiger partial charge >= 0.3 is 0 Å². The maximum absolute atomic E-state index is 13.1. The minimum Gasteiger partial charge on any atom is -0.396 e. The lowest BCUT2D eigenvalue weighted by Gasteiger charge is -2.03. The Balaban J connectivity index is 2.36. The maximum Gasteiger partial charge on any atom is 0.123 e. The van der Waals surface area contributed by atoms with E-state index in [0.717, 1.165) is 6.54 Å². The molecule has 2 N–H and O–H groups in total. The quantitative estimate of drug-likeness (QED) is 0.885. The molecule has 0 radical (unpaired) electrons. The van der Waals surface area contributed by atoms with Crippen LogP contribution in [-0.2, 0) is 6.54 Å². The molecule has 0 amide bonds. The van der Waals surface area contributed by atoms with Gasteiger partial charge in [-0.05, 0) is 18.1 Å². The van der Waals surface area contributed by atoms with Gasteiger partial charge in [-0.15, -0.1) is 0 Å². The number of halogens is 1. The number of rotatable bonds is 3. The summed E-state index contributed by atoms with van der Waals surface area (Å²) in [5.41, 5.74) is 7.83. The predicted octanol–water partition coefficient (Wildman–Crippen LogP) is 2.93. The average molecular weight is 233 g/mol. The van der Waals surface area contributed by atoms with Gasteiger partial charge in [-0.3, -0.25) is 4.68 Å². The predicted molar refractivity (Wildman–Crippen MR) is 66.9 cm³/mol. The van der Waals surface area contributed by atoms with Crippen LogP contribution < -0.4 is 5.73 Å². The fourth-order valence-electron chi connectivity index (χ4n) is 1.76. The van der Waals surface area contributed by atoms with E-state index < -0.39 is 0 Å². The van der Waals surface area contributed by atoms with E-state index in [1.54, 1.807) is 16.9 Å². The molecule has 2 rings (SSSR count). The molecule has 0 saturated carbocycles. The molecule has 0 aliphatic heterocycles. The molecule has 17 heavy (non-hydrogen) atoms. The molecule has 0 saturated heterocycles. The van der Waals surface area contributed by atoms with Crippen molar-refractivity contribution < 1.29 is 4.39 Å². The molecular formula is C13H16FN3. The van der Waals surface area contributed by atoms with Crippen molar-refractivity contribution in [3.05, 3.63) is 36.3 Å². The summed E-state index contributed by atoms with van der Waals surface area (Å²) in [6, 6.07) is 6.32. The second kappa shape index (κ2) is 4.57. The SMILES string of the molecule is CC(C)Cn1cc(N)c(-c2cccc(F)c2)n1. The summed E-state index contributed by atoms with van der Waals surface area (Å²) in [5.74, 6) is 0.218. The van der Waals surface area contributed by atoms with Gasteiger partial charge in [0.2, 0.25) is 0 Å². The van der Waals surface area contributed by atoms with Gasteiger partial charge in [0.15, 0.2) is 0 Å². The maximum atomic E-state index is 13.1. The smallest absolute Gasteiger partial charge is 0.123 e. The van der Waals surface area contributed by atoms with Gasteiger partial charge in [0.1, 0.15) is 11.5 Å². The molecule has 3 nitrogen and oxygen atoms in total. The molecule has 0 aliphatic rings. The summed E-state index contributed by atoms with van der Waals surface area (Å²) >= 11 is 0. The summed E-state index contributed by atoms with van der Waals surface area (Å²) in [7, 11) is 0. The van der Waals surface area contributed by atoms with Gasteiger partial charge in [0.05, 0.1) is 5.69 Å². The van der Waals surface area contributed by atoms with Crippen LogP contribution in [0.1, 0.15) is 13.8 Å². The zero-order chi connectivity index (χ0) is 12.4. The molecule has 1 aromatic heterocycles. The van der Waals surface area contributed by atoms with Gasteiger partial charge in [0, 0.05) is 18.3 Å². The normalized spacial score (nSPS) is 11.1. The Labute approximate surface area is 100 Å². The highest BCUT2D eigenvalue weighted by Crippen LogP contribution is 2.24. The number of benzene rings is 1. The summed E-state index contributed by atoms with van der Waals surface area (Å²) in [6.45, 7) is 5.03. The highest BCUT2D eigenvalue weighted by Gasteiger charge is 2.09. The van der Waals surface area contributed by atoms with Crippen LogP contribution in [0.15, 0.2) is 30.5 Å². The number of hydrogen-bond acceptors (Lipinski definition) is 2. The highest BCUT2D eigenvalue weighted by molar-refractivity contribution is 5.71. The van der Waals surface area contributed by atoms with E-state index in [0.29, 0.717) is 22.9 Å². The van der Waals surface area contributed by atoms with Crippen LogP contribution in [0, 0.1) is 11.7 Å². The molecule has 0 aliphatic carbocycles. The van der Waals surface area contributed by atoms with E-state index in [1.165, 1.54) is 12.1 Å². The Kier molecular flexibility index (Phi) is 3.13. The van der Waals surface area contributed by atoms with Crippen molar-refractivity contribution in [2.24, 2.45) is 5.92 Å². The van der Waals surface area contributed by atoms with E-state index in [-0.39, 0.29) is 5.82 Å². The van der Waals surface area contributed by atoms with E-state index in [9.17, 15) is 4.39 Å². The van der Waals surface area contributed by atoms with Crippen molar-refractivity contribution >= 4 is 5.69 Å². The molecule has 1 heterocycles. The van der Waals surface area contributed by atoms with Crippen molar-refractivity contribution in [3.8, 4) is 11.3 Å². The van der Waals surface area contributed by atoms with Crippen LogP contribution in [0.2, 0.25) is 0 Å². The topological polar surface area (TPSA) is 43.8 Å². The van der Waals surface area contributed by atoms with Crippen molar-refractivity contribution in [2.75, 3.05) is 5.73 Å². The Morgan fingerprint density at radius 2 is 2.18 bits per heavy atom. The first-order valence-corrected chi connectivity index (χ1v) is 5.65. The molecule has 2 aromatic rings. The lowest BCUT2D eigenvalue weighted by Crippen LogP contribution is -2.04. The van der Waals surface area contributed by atoms with Gasteiger partial charge in [-0.1, -0.05) is 26.0 Å². The monoisotopic (exact) mass is 233 g/mol. The Bertz CT molecular complexity index is 517. The Morgan fingerprint density at radius 1 is 1.41 bits per heavy atom. The minimum atomic E-state index is -0.277. The molecular weight excluding hydrogens is 217 g/mol. The van der Waals surface area contributed by atoms with Gasteiger partial charge in [0.25, 0.3) is 0 Å². The second-order valence-electron chi connectivity index (χ2n) is 4.56. The first-order valence-electron chi connectivity index (χ1n) is 5.65. The Morgan fingerprint density at radius 3 is 2.82 bits per heavy atom. The lowest BCUT2D eigenvalue weighted by molar-refractivity contribution is 0.484. The van der Waals surface area contributed by atoms with E-state index in [1.807, 2.05) is 6.07 Å². The van der Waals surface area contributed by atoms with Gasteiger partial charge in [-0.2, -0.15) is 5.10 Å². The zero-order valence-corrected chi connectivity index (χ0v) is 10.0. The molecule has 0 bridgehead atoms. The summed E-state index contributed by atoms with van der Waals surface area (Å²) in [6.07, 6.45) is 1.79. The summed E-state index contributed by atoms with van der Waals surface area (Å²) in [4.78, 5) is 0. The molecule has 0 atom stereocenters. The highest BCUT2D eigenvalue weighted by atomic mass is 19.1. The number of nitrogens with two attached hydrogens (primary N) is 1. The van der Waals surface area contributed by atoms with Gasteiger partial charge < -0.3 is 5.73 Å². The Hall–Kier alpha value is -1.84. The largest absolute Gasteiger partial charge is 0.396 e. The number of nitrogens with zero attached hydrogens (tertiary/aromatic N) is 2. The summed E-state index contributed by atoms with van der Waals surface area (Å²) in [5, 5.41) is 4.39. The molecule has 4 heteroatoms. The van der Waals surface area contributed by atoms with Crippen molar-refractivity contribution in [1.82, 2.24) is 9.78 Å². The number of anilines is 1. The van der Waals surface area contributed by atoms with Crippen molar-refractivity contribution in [1.29, 1.82) is 0 Å². The number of nitrogen functional groups attached to an aromatic ring is 1. The second-order valence-corrected chi connectivity index (χ2v) is 4.56. The van der Waals surface area contributed by atoms with Crippen LogP contribution in [0.25, 0.3) is 11.3 Å². The third kappa shape index (κ3) is 2.64.